The number of hydrogen-bond acceptors (Lipinski definition) is 2. The Morgan fingerprint density at radius 2 is 1.19 bits per heavy atom. The first-order valence-electron chi connectivity index (χ1n) is 21.9. The number of anilines is 5. The van der Waals surface area contributed by atoms with Crippen LogP contribution >= 0.6 is 0 Å². The molecule has 3 heteroatoms. The van der Waals surface area contributed by atoms with Gasteiger partial charge in [-0.25, -0.2) is 0 Å². The van der Waals surface area contributed by atoms with E-state index in [1.165, 1.54) is 122 Å². The fourth-order valence-corrected chi connectivity index (χ4v) is 10.8. The summed E-state index contributed by atoms with van der Waals surface area (Å²) in [6, 6.07) is 31.9. The Hall–Kier alpha value is -4.76. The Morgan fingerprint density at radius 1 is 0.614 bits per heavy atom. The van der Waals surface area contributed by atoms with Crippen molar-refractivity contribution in [2.24, 2.45) is 5.92 Å². The summed E-state index contributed by atoms with van der Waals surface area (Å²) >= 11 is 0. The first-order chi connectivity index (χ1) is 27.2. The van der Waals surface area contributed by atoms with E-state index >= 15 is 0 Å². The Labute approximate surface area is 342 Å². The summed E-state index contributed by atoms with van der Waals surface area (Å²) in [4.78, 5) is 5.36. The quantitative estimate of drug-likeness (QED) is 0.193. The molecule has 57 heavy (non-hydrogen) atoms. The molecule has 0 N–H and O–H groups in total. The van der Waals surface area contributed by atoms with Crippen molar-refractivity contribution in [3.63, 3.8) is 0 Å². The molecular weight excluding hydrogens is 687 g/mol. The third kappa shape index (κ3) is 5.81. The van der Waals surface area contributed by atoms with Gasteiger partial charge in [0.15, 0.2) is 0 Å². The molecule has 0 aromatic heterocycles. The lowest BCUT2D eigenvalue weighted by molar-refractivity contribution is 0.444. The van der Waals surface area contributed by atoms with E-state index in [9.17, 15) is 0 Å². The number of benzene rings is 4. The van der Waals surface area contributed by atoms with Gasteiger partial charge in [0.2, 0.25) is 0 Å². The van der Waals surface area contributed by atoms with Gasteiger partial charge < -0.3 is 9.80 Å². The van der Waals surface area contributed by atoms with Gasteiger partial charge in [-0.2, -0.15) is 0 Å². The fraction of sp³-hybridized carbons (Fsp3) is 0.370. The van der Waals surface area contributed by atoms with Gasteiger partial charge in [0.1, 0.15) is 0 Å². The second-order valence-corrected chi connectivity index (χ2v) is 20.8. The van der Waals surface area contributed by atoms with Crippen molar-refractivity contribution in [1.82, 2.24) is 0 Å². The van der Waals surface area contributed by atoms with Gasteiger partial charge in [0, 0.05) is 45.6 Å². The van der Waals surface area contributed by atoms with Gasteiger partial charge in [0.25, 0.3) is 6.71 Å². The number of fused-ring (bicyclic) bond motifs is 5. The van der Waals surface area contributed by atoms with Crippen LogP contribution in [0.15, 0.2) is 137 Å². The summed E-state index contributed by atoms with van der Waals surface area (Å²) in [5.74, 6) is 0.968. The maximum absolute atomic E-state index is 2.70. The maximum Gasteiger partial charge on any atom is 0.252 e. The van der Waals surface area contributed by atoms with E-state index < -0.39 is 0 Å². The molecule has 288 valence electrons. The second-order valence-electron chi connectivity index (χ2n) is 20.8. The zero-order valence-corrected chi connectivity index (χ0v) is 35.8. The van der Waals surface area contributed by atoms with Crippen molar-refractivity contribution in [2.75, 3.05) is 9.80 Å². The molecule has 10 rings (SSSR count). The van der Waals surface area contributed by atoms with Gasteiger partial charge in [-0.05, 0) is 134 Å². The first-order valence-corrected chi connectivity index (χ1v) is 21.9. The molecule has 0 spiro atoms. The average Bonchev–Trinajstić information content (AvgIpc) is 3.52. The highest BCUT2D eigenvalue weighted by atomic mass is 15.2. The predicted molar refractivity (Wildman–Crippen MR) is 245 cm³/mol. The summed E-state index contributed by atoms with van der Waals surface area (Å²) in [5.41, 5.74) is 22.4. The number of hydrogen-bond donors (Lipinski definition) is 0. The van der Waals surface area contributed by atoms with E-state index in [-0.39, 0.29) is 23.0 Å². The molecule has 4 aliphatic carbocycles. The van der Waals surface area contributed by atoms with Gasteiger partial charge in [0.05, 0.1) is 0 Å². The standard InChI is InChI=1S/C54H59BN2/c1-52(2,3)37-21-26-40(27-22-37)56-45-33-39(54(7,8)9)25-30-44(45)55-49-42-19-13-17-35-18-14-20-43(48(35)42)51(49)57(41-28-23-38(24-29-41)53(4,5)6)47-32-36(31-46(56)50(47)55)34-15-11-10-12-16-34/h13-14,17,19-35H,10-12,15-16,18H2,1-9H3. The van der Waals surface area contributed by atoms with E-state index in [1.807, 2.05) is 0 Å². The Kier molecular flexibility index (Phi) is 8.26. The minimum atomic E-state index is 0.0158. The Bertz CT molecular complexity index is 2460. The molecule has 6 aliphatic rings. The molecule has 0 radical (unpaired) electrons. The molecule has 2 heterocycles. The third-order valence-electron chi connectivity index (χ3n) is 14.0. The number of allylic oxidation sites excluding steroid dienone is 8. The summed E-state index contributed by atoms with van der Waals surface area (Å²) in [6.07, 6.45) is 19.7. The van der Waals surface area contributed by atoms with Crippen molar-refractivity contribution < 1.29 is 0 Å². The minimum absolute atomic E-state index is 0.0158. The van der Waals surface area contributed by atoms with Gasteiger partial charge in [-0.1, -0.05) is 148 Å². The van der Waals surface area contributed by atoms with E-state index in [0.29, 0.717) is 11.8 Å². The molecular formula is C54H59BN2. The molecule has 4 aromatic rings. The monoisotopic (exact) mass is 746 g/mol. The van der Waals surface area contributed by atoms with Crippen molar-refractivity contribution in [1.29, 1.82) is 0 Å². The minimum Gasteiger partial charge on any atom is -0.311 e. The van der Waals surface area contributed by atoms with E-state index in [1.54, 1.807) is 0 Å². The number of nitrogens with zero attached hydrogens (tertiary/aromatic N) is 2. The SMILES string of the molecule is CC(C)(C)c1ccc(N2C3=C(B4c5ccc(C(C)(C)C)cc5N(c5ccc(C(C)(C)C)cc5)c5cc(C6CCCCC6)cc2c54)C2=CC=CC4CC=CC3=C24)cc1. The molecule has 4 aromatic carbocycles. The molecule has 1 unspecified atom stereocenters. The van der Waals surface area contributed by atoms with Crippen LogP contribution in [0.4, 0.5) is 28.4 Å². The smallest absolute Gasteiger partial charge is 0.252 e. The largest absolute Gasteiger partial charge is 0.311 e. The topological polar surface area (TPSA) is 6.48 Å². The summed E-state index contributed by atoms with van der Waals surface area (Å²) in [7, 11) is 0. The van der Waals surface area contributed by atoms with Gasteiger partial charge in [-0.15, -0.1) is 0 Å². The fourth-order valence-electron chi connectivity index (χ4n) is 10.8. The van der Waals surface area contributed by atoms with Crippen molar-refractivity contribution in [3.8, 4) is 0 Å². The molecule has 0 saturated heterocycles. The Balaban J connectivity index is 1.31. The Morgan fingerprint density at radius 3 is 1.81 bits per heavy atom. The van der Waals surface area contributed by atoms with Crippen LogP contribution in [0, 0.1) is 5.92 Å². The molecule has 2 nitrogen and oxygen atoms in total. The number of rotatable bonds is 3. The summed E-state index contributed by atoms with van der Waals surface area (Å²) in [5, 5.41) is 0. The molecule has 2 aliphatic heterocycles. The average molecular weight is 747 g/mol. The van der Waals surface area contributed by atoms with E-state index in [2.05, 4.69) is 181 Å². The first kappa shape index (κ1) is 36.6. The van der Waals surface area contributed by atoms with Crippen LogP contribution in [-0.4, -0.2) is 6.71 Å². The highest BCUT2D eigenvalue weighted by Crippen LogP contribution is 2.56. The molecule has 0 bridgehead atoms. The highest BCUT2D eigenvalue weighted by molar-refractivity contribution is 6.96. The normalized spacial score (nSPS) is 20.1. The lowest BCUT2D eigenvalue weighted by Gasteiger charge is -2.45. The van der Waals surface area contributed by atoms with Crippen LogP contribution in [0.2, 0.25) is 0 Å². The van der Waals surface area contributed by atoms with Crippen LogP contribution in [0.5, 0.6) is 0 Å². The summed E-state index contributed by atoms with van der Waals surface area (Å²) in [6.45, 7) is 21.1. The van der Waals surface area contributed by atoms with Crippen LogP contribution < -0.4 is 20.7 Å². The zero-order valence-electron chi connectivity index (χ0n) is 35.8. The lowest BCUT2D eigenvalue weighted by atomic mass is 9.32. The van der Waals surface area contributed by atoms with Gasteiger partial charge in [-0.3, -0.25) is 0 Å². The van der Waals surface area contributed by atoms with E-state index in [4.69, 9.17) is 0 Å². The van der Waals surface area contributed by atoms with Crippen LogP contribution in [0.1, 0.15) is 129 Å². The zero-order chi connectivity index (χ0) is 39.6. The van der Waals surface area contributed by atoms with Crippen LogP contribution in [0.25, 0.3) is 0 Å². The molecule has 1 saturated carbocycles. The van der Waals surface area contributed by atoms with Crippen molar-refractivity contribution in [2.45, 2.75) is 123 Å². The van der Waals surface area contributed by atoms with Crippen molar-refractivity contribution in [3.05, 3.63) is 159 Å². The third-order valence-corrected chi connectivity index (χ3v) is 14.0. The highest BCUT2D eigenvalue weighted by Gasteiger charge is 2.50. The van der Waals surface area contributed by atoms with Crippen LogP contribution in [0.3, 0.4) is 0 Å². The van der Waals surface area contributed by atoms with Gasteiger partial charge >= 0.3 is 0 Å². The van der Waals surface area contributed by atoms with Crippen LogP contribution in [-0.2, 0) is 16.2 Å². The summed E-state index contributed by atoms with van der Waals surface area (Å²) < 4.78 is 0. The predicted octanol–water partition coefficient (Wildman–Crippen LogP) is 13.3. The van der Waals surface area contributed by atoms with E-state index in [0.717, 1.165) is 6.42 Å². The molecule has 0 amide bonds. The second kappa shape index (κ2) is 12.9. The molecule has 1 atom stereocenters. The van der Waals surface area contributed by atoms with Crippen molar-refractivity contribution >= 4 is 46.1 Å². The maximum atomic E-state index is 2.70. The lowest BCUT2D eigenvalue weighted by Crippen LogP contribution is -2.56. The molecule has 1 fully saturated rings.